The average molecular weight is 483 g/mol. The fraction of sp³-hybridized carbons (Fsp3) is 0.227. The number of nitrogens with zero attached hydrogens (tertiary/aromatic N) is 4. The van der Waals surface area contributed by atoms with E-state index in [0.29, 0.717) is 17.1 Å². The topological polar surface area (TPSA) is 157 Å². The summed E-state index contributed by atoms with van der Waals surface area (Å²) in [6.07, 6.45) is 2.71. The molecule has 12 heteroatoms. The number of benzene rings is 2. The Bertz CT molecular complexity index is 1590. The summed E-state index contributed by atoms with van der Waals surface area (Å²) in [6, 6.07) is 9.11. The number of rotatable bonds is 4. The van der Waals surface area contributed by atoms with Crippen molar-refractivity contribution in [3.63, 3.8) is 0 Å². The molecule has 1 atom stereocenters. The maximum absolute atomic E-state index is 15.1. The highest BCUT2D eigenvalue weighted by atomic mass is 32.2. The molecule has 0 radical (unpaired) electrons. The van der Waals surface area contributed by atoms with Gasteiger partial charge in [-0.2, -0.15) is 10.2 Å². The highest BCUT2D eigenvalue weighted by Crippen LogP contribution is 2.40. The Balaban J connectivity index is 1.70. The van der Waals surface area contributed by atoms with Crippen LogP contribution in [0.3, 0.4) is 0 Å². The smallest absolute Gasteiger partial charge is 0.215 e. The summed E-state index contributed by atoms with van der Waals surface area (Å²) in [5, 5.41) is 15.8. The summed E-state index contributed by atoms with van der Waals surface area (Å²) in [5.41, 5.74) is 15.6. The molecule has 1 aliphatic heterocycles. The van der Waals surface area contributed by atoms with E-state index in [2.05, 4.69) is 20.5 Å². The molecule has 0 spiro atoms. The Hall–Kier alpha value is -3.77. The van der Waals surface area contributed by atoms with Crippen molar-refractivity contribution >= 4 is 32.4 Å². The molecule has 10 nitrogen and oxygen atoms in total. The minimum absolute atomic E-state index is 0.0523. The number of hydrogen-bond acceptors (Lipinski definition) is 8. The van der Waals surface area contributed by atoms with Crippen molar-refractivity contribution in [1.29, 1.82) is 0 Å². The van der Waals surface area contributed by atoms with Crippen LogP contribution in [-0.2, 0) is 15.6 Å². The SMILES string of the molecule is CC(C)n1nc(-c2cccc3[nH]ncc23)c2c1NC(N)(c1ccc(S(C)(=O)=O)cc1F)N=C2N. The quantitative estimate of drug-likeness (QED) is 0.348. The first-order valence-electron chi connectivity index (χ1n) is 10.5. The predicted octanol–water partition coefficient (Wildman–Crippen LogP) is 2.45. The van der Waals surface area contributed by atoms with Gasteiger partial charge in [0.1, 0.15) is 23.2 Å². The lowest BCUT2D eigenvalue weighted by Crippen LogP contribution is -2.48. The summed E-state index contributed by atoms with van der Waals surface area (Å²) < 4.78 is 40.4. The largest absolute Gasteiger partial charge is 0.383 e. The first-order chi connectivity index (χ1) is 16.0. The van der Waals surface area contributed by atoms with E-state index >= 15 is 4.39 Å². The maximum Gasteiger partial charge on any atom is 0.215 e. The molecule has 34 heavy (non-hydrogen) atoms. The van der Waals surface area contributed by atoms with Crippen LogP contribution >= 0.6 is 0 Å². The van der Waals surface area contributed by atoms with Gasteiger partial charge in [0.2, 0.25) is 5.79 Å². The molecule has 0 saturated heterocycles. The van der Waals surface area contributed by atoms with E-state index in [-0.39, 0.29) is 22.3 Å². The molecule has 2 aromatic carbocycles. The van der Waals surface area contributed by atoms with Gasteiger partial charge in [-0.15, -0.1) is 0 Å². The number of nitrogens with two attached hydrogens (primary N) is 2. The van der Waals surface area contributed by atoms with Gasteiger partial charge < -0.3 is 11.1 Å². The molecule has 1 aliphatic rings. The molecule has 0 saturated carbocycles. The van der Waals surface area contributed by atoms with Crippen molar-refractivity contribution in [1.82, 2.24) is 20.0 Å². The van der Waals surface area contributed by atoms with E-state index in [0.717, 1.165) is 28.8 Å². The third kappa shape index (κ3) is 3.33. The first-order valence-corrected chi connectivity index (χ1v) is 12.4. The average Bonchev–Trinajstić information content (AvgIpc) is 3.37. The van der Waals surface area contributed by atoms with Crippen molar-refractivity contribution in [2.45, 2.75) is 30.6 Å². The van der Waals surface area contributed by atoms with Crippen molar-refractivity contribution in [3.8, 4) is 11.3 Å². The summed E-state index contributed by atoms with van der Waals surface area (Å²) in [4.78, 5) is 4.24. The van der Waals surface area contributed by atoms with E-state index in [1.807, 2.05) is 32.0 Å². The second-order valence-electron chi connectivity index (χ2n) is 8.55. The molecule has 0 aliphatic carbocycles. The van der Waals surface area contributed by atoms with E-state index in [9.17, 15) is 8.42 Å². The lowest BCUT2D eigenvalue weighted by atomic mass is 10.0. The minimum atomic E-state index is -3.59. The second kappa shape index (κ2) is 7.37. The molecule has 1 unspecified atom stereocenters. The van der Waals surface area contributed by atoms with Gasteiger partial charge in [0.15, 0.2) is 9.84 Å². The number of hydrogen-bond donors (Lipinski definition) is 4. The van der Waals surface area contributed by atoms with Gasteiger partial charge in [0, 0.05) is 23.2 Å². The number of sulfone groups is 1. The van der Waals surface area contributed by atoms with Crippen molar-refractivity contribution < 1.29 is 12.8 Å². The highest BCUT2D eigenvalue weighted by molar-refractivity contribution is 7.90. The Kier molecular flexibility index (Phi) is 4.78. The van der Waals surface area contributed by atoms with E-state index in [1.165, 1.54) is 12.1 Å². The third-order valence-electron chi connectivity index (χ3n) is 5.78. The minimum Gasteiger partial charge on any atom is -0.383 e. The fourth-order valence-corrected chi connectivity index (χ4v) is 4.78. The lowest BCUT2D eigenvalue weighted by Gasteiger charge is -2.33. The van der Waals surface area contributed by atoms with Gasteiger partial charge in [0.05, 0.1) is 27.7 Å². The molecular formula is C22H23FN8O2S. The number of fused-ring (bicyclic) bond motifs is 2. The Morgan fingerprint density at radius 3 is 2.65 bits per heavy atom. The third-order valence-corrected chi connectivity index (χ3v) is 6.89. The van der Waals surface area contributed by atoms with Crippen molar-refractivity contribution in [3.05, 3.63) is 59.5 Å². The normalized spacial score (nSPS) is 18.1. The van der Waals surface area contributed by atoms with Gasteiger partial charge in [-0.25, -0.2) is 22.5 Å². The van der Waals surface area contributed by atoms with Gasteiger partial charge in [-0.1, -0.05) is 12.1 Å². The molecule has 176 valence electrons. The van der Waals surface area contributed by atoms with Crippen molar-refractivity contribution in [2.24, 2.45) is 16.5 Å². The van der Waals surface area contributed by atoms with Crippen LogP contribution in [0, 0.1) is 5.82 Å². The zero-order valence-corrected chi connectivity index (χ0v) is 19.5. The number of amidine groups is 1. The molecular weight excluding hydrogens is 459 g/mol. The Morgan fingerprint density at radius 1 is 1.21 bits per heavy atom. The predicted molar refractivity (Wildman–Crippen MR) is 127 cm³/mol. The molecule has 6 N–H and O–H groups in total. The summed E-state index contributed by atoms with van der Waals surface area (Å²) in [6.45, 7) is 3.89. The number of H-pyrrole nitrogens is 1. The Morgan fingerprint density at radius 2 is 1.97 bits per heavy atom. The van der Waals surface area contributed by atoms with Crippen LogP contribution in [0.25, 0.3) is 22.2 Å². The number of anilines is 1. The number of halogens is 1. The van der Waals surface area contributed by atoms with E-state index in [4.69, 9.17) is 16.6 Å². The van der Waals surface area contributed by atoms with Gasteiger partial charge >= 0.3 is 0 Å². The Labute approximate surface area is 194 Å². The molecule has 0 fully saturated rings. The van der Waals surface area contributed by atoms with E-state index < -0.39 is 21.4 Å². The second-order valence-corrected chi connectivity index (χ2v) is 10.6. The lowest BCUT2D eigenvalue weighted by molar-refractivity contribution is 0.470. The van der Waals surface area contributed by atoms with Crippen LogP contribution in [0.1, 0.15) is 31.0 Å². The number of nitrogens with one attached hydrogen (secondary N) is 2. The molecule has 0 bridgehead atoms. The summed E-state index contributed by atoms with van der Waals surface area (Å²) in [5.74, 6) is -2.04. The van der Waals surface area contributed by atoms with Crippen LogP contribution in [0.15, 0.2) is 52.5 Å². The summed E-state index contributed by atoms with van der Waals surface area (Å²) in [7, 11) is -3.59. The highest BCUT2D eigenvalue weighted by Gasteiger charge is 2.39. The maximum atomic E-state index is 15.1. The number of aliphatic imine (C=N–C) groups is 1. The van der Waals surface area contributed by atoms with Crippen LogP contribution in [0.5, 0.6) is 0 Å². The van der Waals surface area contributed by atoms with Crippen LogP contribution in [0.2, 0.25) is 0 Å². The number of aromatic amines is 1. The molecule has 0 amide bonds. The van der Waals surface area contributed by atoms with Gasteiger partial charge in [-0.3, -0.25) is 10.8 Å². The molecule has 5 rings (SSSR count). The van der Waals surface area contributed by atoms with Crippen LogP contribution < -0.4 is 16.8 Å². The standard InChI is InChI=1S/C22H23FN8O2S/c1-11(2)31-21-18(19(30-31)13-5-4-6-17-14(13)10-26-29-17)20(24)27-22(25,28-21)15-8-7-12(9-16(15)23)34(3,32)33/h4-11,28H,25H2,1-3H3,(H2,24,27)(H,26,29). The zero-order chi connectivity index (χ0) is 24.4. The first kappa shape index (κ1) is 22.0. The van der Waals surface area contributed by atoms with E-state index in [1.54, 1.807) is 10.9 Å². The number of aromatic nitrogens is 4. The van der Waals surface area contributed by atoms with Gasteiger partial charge in [-0.05, 0) is 38.1 Å². The molecule has 4 aromatic rings. The molecule has 3 heterocycles. The van der Waals surface area contributed by atoms with Crippen molar-refractivity contribution in [2.75, 3.05) is 11.6 Å². The molecule has 2 aromatic heterocycles. The zero-order valence-electron chi connectivity index (χ0n) is 18.7. The van der Waals surface area contributed by atoms with Crippen LogP contribution in [0.4, 0.5) is 10.2 Å². The summed E-state index contributed by atoms with van der Waals surface area (Å²) >= 11 is 0. The van der Waals surface area contributed by atoms with Gasteiger partial charge in [0.25, 0.3) is 0 Å². The monoisotopic (exact) mass is 482 g/mol. The van der Waals surface area contributed by atoms with Crippen LogP contribution in [-0.4, -0.2) is 40.5 Å². The fourth-order valence-electron chi connectivity index (χ4n) is 4.15.